The first-order chi connectivity index (χ1) is 17.8. The van der Waals surface area contributed by atoms with Gasteiger partial charge in [-0.1, -0.05) is 13.0 Å². The van der Waals surface area contributed by atoms with Gasteiger partial charge < -0.3 is 14.4 Å². The zero-order valence-corrected chi connectivity index (χ0v) is 22.9. The fraction of sp³-hybridized carbons (Fsp3) is 0.464. The predicted molar refractivity (Wildman–Crippen MR) is 144 cm³/mol. The maximum Gasteiger partial charge on any atom is 0.419 e. The molecule has 1 N–H and O–H groups in total. The highest BCUT2D eigenvalue weighted by Crippen LogP contribution is 2.41. The molecule has 2 aromatic carbocycles. The second-order valence-corrected chi connectivity index (χ2v) is 13.5. The van der Waals surface area contributed by atoms with Crippen molar-refractivity contribution >= 4 is 32.4 Å². The number of nitrogens with one attached hydrogen (secondary N) is 1. The summed E-state index contributed by atoms with van der Waals surface area (Å²) in [4.78, 5) is 15.5. The summed E-state index contributed by atoms with van der Waals surface area (Å²) in [7, 11) is -3.10. The molecule has 0 saturated carbocycles. The number of carbonyl (C=O) groups is 1. The van der Waals surface area contributed by atoms with Gasteiger partial charge in [-0.3, -0.25) is 0 Å². The second-order valence-electron chi connectivity index (χ2n) is 11.1. The van der Waals surface area contributed by atoms with Gasteiger partial charge in [0.15, 0.2) is 0 Å². The Hall–Kier alpha value is -2.98. The molecule has 204 valence electrons. The van der Waals surface area contributed by atoms with E-state index in [0.717, 1.165) is 10.9 Å². The van der Waals surface area contributed by atoms with Crippen molar-refractivity contribution < 1.29 is 27.3 Å². The highest BCUT2D eigenvalue weighted by atomic mass is 32.2. The van der Waals surface area contributed by atoms with E-state index in [1.165, 1.54) is 4.57 Å². The molecule has 0 aliphatic carbocycles. The Kier molecular flexibility index (Phi) is 6.54. The normalized spacial score (nSPS) is 19.4. The van der Waals surface area contributed by atoms with Crippen LogP contribution in [-0.4, -0.2) is 58.4 Å². The Morgan fingerprint density at radius 3 is 2.50 bits per heavy atom. The van der Waals surface area contributed by atoms with Crippen LogP contribution in [0.25, 0.3) is 22.2 Å². The van der Waals surface area contributed by atoms with Gasteiger partial charge in [0.1, 0.15) is 5.60 Å². The Bertz CT molecular complexity index is 1500. The topological polar surface area (TPSA) is 84.6 Å². The molecule has 38 heavy (non-hydrogen) atoms. The van der Waals surface area contributed by atoms with Crippen LogP contribution in [0, 0.1) is 4.78 Å². The second kappa shape index (κ2) is 9.34. The lowest BCUT2D eigenvalue weighted by Gasteiger charge is -2.26. The van der Waals surface area contributed by atoms with E-state index >= 15 is 0 Å². The minimum absolute atomic E-state index is 0.107. The van der Waals surface area contributed by atoms with Crippen molar-refractivity contribution in [3.63, 3.8) is 0 Å². The fourth-order valence-corrected chi connectivity index (χ4v) is 5.86. The van der Waals surface area contributed by atoms with Crippen LogP contribution in [0.15, 0.2) is 47.4 Å². The van der Waals surface area contributed by atoms with E-state index in [-0.39, 0.29) is 29.5 Å². The van der Waals surface area contributed by atoms with Crippen LogP contribution in [-0.2, 0) is 19.2 Å². The molecule has 5 rings (SSSR count). The summed E-state index contributed by atoms with van der Waals surface area (Å²) in [6.07, 6.45) is -0.882. The van der Waals surface area contributed by atoms with Crippen LogP contribution in [0.1, 0.15) is 45.6 Å². The molecule has 2 fully saturated rings. The number of rotatable bonds is 5. The third-order valence-corrected chi connectivity index (χ3v) is 8.88. The lowest BCUT2D eigenvalue weighted by molar-refractivity contribution is 0.00847. The Labute approximate surface area is 221 Å². The van der Waals surface area contributed by atoms with Crippen molar-refractivity contribution in [3.8, 4) is 11.3 Å². The first-order valence-electron chi connectivity index (χ1n) is 12.8. The van der Waals surface area contributed by atoms with Gasteiger partial charge in [-0.2, -0.15) is 0 Å². The minimum atomic E-state index is -3.10. The standard InChI is InChI=1S/C28H33F2N3O4S/c1-5-38(31,35)21-7-9-24(32-11-10-28(29,30)17-32)22(14-21)25-13-19-12-18(20-15-36-16-20)6-8-23(19)33(25)26(34)37-27(2,3)4/h6-9,12-14,20,31H,5,10-11,15-17H2,1-4H3/t38-/m1/s1. The fourth-order valence-electron chi connectivity index (χ4n) is 4.93. The minimum Gasteiger partial charge on any atom is -0.443 e. The summed E-state index contributed by atoms with van der Waals surface area (Å²) in [5, 5.41) is 0.792. The Morgan fingerprint density at radius 1 is 1.18 bits per heavy atom. The van der Waals surface area contributed by atoms with E-state index in [2.05, 4.69) is 0 Å². The number of alkyl halides is 2. The maximum atomic E-state index is 14.3. The van der Waals surface area contributed by atoms with Crippen LogP contribution >= 0.6 is 0 Å². The van der Waals surface area contributed by atoms with Crippen LogP contribution in [0.2, 0.25) is 0 Å². The van der Waals surface area contributed by atoms with Gasteiger partial charge in [-0.25, -0.2) is 27.1 Å². The van der Waals surface area contributed by atoms with Crippen LogP contribution < -0.4 is 4.90 Å². The number of benzene rings is 2. The molecule has 7 nitrogen and oxygen atoms in total. The summed E-state index contributed by atoms with van der Waals surface area (Å²) < 4.78 is 62.5. The summed E-state index contributed by atoms with van der Waals surface area (Å²) in [5.74, 6) is -2.45. The molecule has 2 saturated heterocycles. The SMILES string of the molecule is CC[S@@](=N)(=O)c1ccc(N2CCC(F)(F)C2)c(-c2cc3cc(C4COC4)ccc3n2C(=O)OC(C)(C)C)c1. The monoisotopic (exact) mass is 545 g/mol. The molecule has 0 radical (unpaired) electrons. The molecular formula is C28H33F2N3O4S. The number of hydrogen-bond acceptors (Lipinski definition) is 6. The van der Waals surface area contributed by atoms with Crippen molar-refractivity contribution in [3.05, 3.63) is 48.0 Å². The molecule has 2 aliphatic heterocycles. The molecule has 3 heterocycles. The molecule has 0 unspecified atom stereocenters. The first-order valence-corrected chi connectivity index (χ1v) is 14.5. The largest absolute Gasteiger partial charge is 0.443 e. The predicted octanol–water partition coefficient (Wildman–Crippen LogP) is 6.48. The quantitative estimate of drug-likeness (QED) is 0.397. The summed E-state index contributed by atoms with van der Waals surface area (Å²) in [6.45, 7) is 7.96. The molecule has 0 bridgehead atoms. The van der Waals surface area contributed by atoms with Gasteiger partial charge in [0, 0.05) is 46.2 Å². The molecule has 3 aromatic rings. The van der Waals surface area contributed by atoms with Crippen molar-refractivity contribution in [2.24, 2.45) is 0 Å². The molecule has 1 atom stereocenters. The van der Waals surface area contributed by atoms with E-state index in [0.29, 0.717) is 35.7 Å². The number of hydrogen-bond donors (Lipinski definition) is 1. The van der Waals surface area contributed by atoms with Crippen molar-refractivity contribution in [1.82, 2.24) is 4.57 Å². The zero-order valence-electron chi connectivity index (χ0n) is 22.1. The van der Waals surface area contributed by atoms with Crippen molar-refractivity contribution in [2.45, 2.75) is 56.5 Å². The Balaban J connectivity index is 1.75. The summed E-state index contributed by atoms with van der Waals surface area (Å²) in [5.41, 5.74) is 2.33. The number of nitrogens with zero attached hydrogens (tertiary/aromatic N) is 2. The smallest absolute Gasteiger partial charge is 0.419 e. The highest BCUT2D eigenvalue weighted by Gasteiger charge is 2.39. The molecule has 1 aromatic heterocycles. The van der Waals surface area contributed by atoms with Crippen LogP contribution in [0.3, 0.4) is 0 Å². The van der Waals surface area contributed by atoms with Crippen LogP contribution in [0.4, 0.5) is 19.3 Å². The van der Waals surface area contributed by atoms with Gasteiger partial charge in [0.25, 0.3) is 5.92 Å². The summed E-state index contributed by atoms with van der Waals surface area (Å²) >= 11 is 0. The third-order valence-electron chi connectivity index (χ3n) is 7.05. The third kappa shape index (κ3) is 5.03. The van der Waals surface area contributed by atoms with Gasteiger partial charge in [-0.15, -0.1) is 0 Å². The number of ether oxygens (including phenoxy) is 2. The Morgan fingerprint density at radius 2 is 1.92 bits per heavy atom. The number of aromatic nitrogens is 1. The molecule has 2 aliphatic rings. The molecule has 0 amide bonds. The van der Waals surface area contributed by atoms with E-state index in [1.807, 2.05) is 24.3 Å². The molecule has 10 heteroatoms. The van der Waals surface area contributed by atoms with Gasteiger partial charge in [0.2, 0.25) is 0 Å². The number of carbonyl (C=O) groups excluding carboxylic acids is 1. The van der Waals surface area contributed by atoms with Crippen molar-refractivity contribution in [2.75, 3.05) is 37.0 Å². The molecular weight excluding hydrogens is 512 g/mol. The highest BCUT2D eigenvalue weighted by molar-refractivity contribution is 7.92. The van der Waals surface area contributed by atoms with Gasteiger partial charge in [0.05, 0.1) is 40.7 Å². The lowest BCUT2D eigenvalue weighted by Crippen LogP contribution is -2.28. The van der Waals surface area contributed by atoms with E-state index < -0.39 is 33.9 Å². The summed E-state index contributed by atoms with van der Waals surface area (Å²) in [6, 6.07) is 12.5. The maximum absolute atomic E-state index is 14.3. The zero-order chi connectivity index (χ0) is 27.5. The average Bonchev–Trinajstić information content (AvgIpc) is 3.35. The van der Waals surface area contributed by atoms with E-state index in [4.69, 9.17) is 14.3 Å². The van der Waals surface area contributed by atoms with E-state index in [9.17, 15) is 17.8 Å². The van der Waals surface area contributed by atoms with Crippen LogP contribution in [0.5, 0.6) is 0 Å². The van der Waals surface area contributed by atoms with Gasteiger partial charge in [-0.05, 0) is 62.7 Å². The van der Waals surface area contributed by atoms with E-state index in [1.54, 1.807) is 50.8 Å². The number of halogens is 2. The first kappa shape index (κ1) is 26.6. The molecule has 0 spiro atoms. The average molecular weight is 546 g/mol. The lowest BCUT2D eigenvalue weighted by atomic mass is 9.96. The van der Waals surface area contributed by atoms with Gasteiger partial charge >= 0.3 is 6.09 Å². The number of fused-ring (bicyclic) bond motifs is 1. The van der Waals surface area contributed by atoms with Crippen molar-refractivity contribution in [1.29, 1.82) is 4.78 Å². The number of anilines is 1.